The lowest BCUT2D eigenvalue weighted by Gasteiger charge is -2.21. The van der Waals surface area contributed by atoms with Gasteiger partial charge in [-0.25, -0.2) is 4.79 Å². The molecular formula is C15H20N2O3S. The zero-order valence-corrected chi connectivity index (χ0v) is 12.6. The number of nitrogens with one attached hydrogen (secondary N) is 2. The average molecular weight is 308 g/mol. The first-order valence-corrected chi connectivity index (χ1v) is 8.15. The highest BCUT2D eigenvalue weighted by atomic mass is 32.2. The van der Waals surface area contributed by atoms with Crippen LogP contribution in [-0.2, 0) is 11.2 Å². The van der Waals surface area contributed by atoms with Crippen molar-refractivity contribution >= 4 is 29.4 Å². The number of carbonyl (C=O) groups is 2. The third-order valence-electron chi connectivity index (χ3n) is 3.33. The van der Waals surface area contributed by atoms with Gasteiger partial charge in [0.05, 0.1) is 6.42 Å². The Morgan fingerprint density at radius 1 is 1.24 bits per heavy atom. The number of amides is 2. The van der Waals surface area contributed by atoms with Crippen LogP contribution in [0.15, 0.2) is 24.3 Å². The number of benzene rings is 1. The summed E-state index contributed by atoms with van der Waals surface area (Å²) in [4.78, 5) is 22.4. The van der Waals surface area contributed by atoms with Gasteiger partial charge in [0.25, 0.3) is 0 Å². The summed E-state index contributed by atoms with van der Waals surface area (Å²) in [6.07, 6.45) is 3.67. The van der Waals surface area contributed by atoms with Gasteiger partial charge in [-0.2, -0.15) is 11.8 Å². The maximum atomic E-state index is 11.8. The van der Waals surface area contributed by atoms with E-state index in [1.54, 1.807) is 24.3 Å². The van der Waals surface area contributed by atoms with Gasteiger partial charge in [0.2, 0.25) is 0 Å². The number of aliphatic carboxylic acids is 1. The largest absolute Gasteiger partial charge is 0.481 e. The molecule has 1 fully saturated rings. The zero-order chi connectivity index (χ0) is 15.1. The second-order valence-electron chi connectivity index (χ2n) is 5.09. The lowest BCUT2D eigenvalue weighted by atomic mass is 10.1. The molecule has 3 N–H and O–H groups in total. The number of thioether (sulfide) groups is 1. The number of hydrogen-bond acceptors (Lipinski definition) is 3. The molecule has 0 aromatic heterocycles. The van der Waals surface area contributed by atoms with Crippen LogP contribution in [0, 0.1) is 0 Å². The topological polar surface area (TPSA) is 78.4 Å². The molecule has 0 aliphatic carbocycles. The number of carboxylic acid groups (broad SMARTS) is 1. The monoisotopic (exact) mass is 308 g/mol. The Bertz CT molecular complexity index is 484. The number of urea groups is 1. The van der Waals surface area contributed by atoms with Crippen LogP contribution >= 0.6 is 11.8 Å². The smallest absolute Gasteiger partial charge is 0.319 e. The highest BCUT2D eigenvalue weighted by Crippen LogP contribution is 2.24. The Labute approximate surface area is 128 Å². The molecule has 2 amide bonds. The molecule has 1 aromatic rings. The highest BCUT2D eigenvalue weighted by Gasteiger charge is 2.14. The van der Waals surface area contributed by atoms with Crippen LogP contribution in [0.5, 0.6) is 0 Å². The van der Waals surface area contributed by atoms with Crippen molar-refractivity contribution in [1.82, 2.24) is 5.32 Å². The van der Waals surface area contributed by atoms with E-state index >= 15 is 0 Å². The highest BCUT2D eigenvalue weighted by molar-refractivity contribution is 7.99. The number of hydrogen-bond donors (Lipinski definition) is 3. The first-order valence-electron chi connectivity index (χ1n) is 7.10. The first-order chi connectivity index (χ1) is 10.1. The molecule has 0 spiro atoms. The van der Waals surface area contributed by atoms with E-state index in [0.29, 0.717) is 23.0 Å². The van der Waals surface area contributed by atoms with Crippen LogP contribution < -0.4 is 10.6 Å². The molecule has 0 bridgehead atoms. The molecule has 0 radical (unpaired) electrons. The lowest BCUT2D eigenvalue weighted by Crippen LogP contribution is -2.35. The molecule has 1 aromatic carbocycles. The molecule has 114 valence electrons. The van der Waals surface area contributed by atoms with Gasteiger partial charge in [0.1, 0.15) is 0 Å². The van der Waals surface area contributed by atoms with Gasteiger partial charge < -0.3 is 15.7 Å². The Kier molecular flexibility index (Phi) is 5.92. The standard InChI is InChI=1S/C15H20N2O3S/c18-14(19)9-11-4-6-12(7-5-11)17-15(20)16-10-13-3-1-2-8-21-13/h4-7,13H,1-3,8-10H2,(H,18,19)(H2,16,17,20). The minimum atomic E-state index is -0.863. The Morgan fingerprint density at radius 3 is 2.62 bits per heavy atom. The van der Waals surface area contributed by atoms with Gasteiger partial charge in [-0.1, -0.05) is 18.6 Å². The summed E-state index contributed by atoms with van der Waals surface area (Å²) >= 11 is 1.92. The van der Waals surface area contributed by atoms with E-state index in [0.717, 1.165) is 6.42 Å². The molecule has 1 aliphatic rings. The fourth-order valence-electron chi connectivity index (χ4n) is 2.23. The third kappa shape index (κ3) is 5.67. The molecule has 2 rings (SSSR count). The summed E-state index contributed by atoms with van der Waals surface area (Å²) < 4.78 is 0. The molecule has 1 aliphatic heterocycles. The third-order valence-corrected chi connectivity index (χ3v) is 4.73. The van der Waals surface area contributed by atoms with Crippen LogP contribution in [0.25, 0.3) is 0 Å². The summed E-state index contributed by atoms with van der Waals surface area (Å²) in [5.74, 6) is 0.317. The van der Waals surface area contributed by atoms with Crippen molar-refractivity contribution in [2.45, 2.75) is 30.9 Å². The summed E-state index contributed by atoms with van der Waals surface area (Å²) in [6, 6.07) is 6.63. The Hall–Kier alpha value is -1.69. The van der Waals surface area contributed by atoms with Crippen molar-refractivity contribution in [3.8, 4) is 0 Å². The van der Waals surface area contributed by atoms with Gasteiger partial charge >= 0.3 is 12.0 Å². The van der Waals surface area contributed by atoms with E-state index in [1.807, 2.05) is 11.8 Å². The quantitative estimate of drug-likeness (QED) is 0.781. The number of carbonyl (C=O) groups excluding carboxylic acids is 1. The molecular weight excluding hydrogens is 288 g/mol. The number of anilines is 1. The van der Waals surface area contributed by atoms with E-state index in [-0.39, 0.29) is 12.5 Å². The summed E-state index contributed by atoms with van der Waals surface area (Å²) in [5.41, 5.74) is 1.38. The van der Waals surface area contributed by atoms with Crippen LogP contribution in [0.1, 0.15) is 24.8 Å². The second kappa shape index (κ2) is 7.93. The Balaban J connectivity index is 1.75. The fourth-order valence-corrected chi connectivity index (χ4v) is 3.47. The summed E-state index contributed by atoms with van der Waals surface area (Å²) in [6.45, 7) is 0.688. The van der Waals surface area contributed by atoms with Gasteiger partial charge in [0.15, 0.2) is 0 Å². The normalized spacial score (nSPS) is 18.0. The van der Waals surface area contributed by atoms with Crippen molar-refractivity contribution in [1.29, 1.82) is 0 Å². The molecule has 5 nitrogen and oxygen atoms in total. The number of rotatable bonds is 5. The summed E-state index contributed by atoms with van der Waals surface area (Å²) in [7, 11) is 0. The number of carboxylic acids is 1. The molecule has 0 saturated carbocycles. The Morgan fingerprint density at radius 2 is 2.00 bits per heavy atom. The lowest BCUT2D eigenvalue weighted by molar-refractivity contribution is -0.136. The van der Waals surface area contributed by atoms with E-state index in [1.165, 1.54) is 18.6 Å². The molecule has 1 heterocycles. The van der Waals surface area contributed by atoms with Crippen LogP contribution in [0.4, 0.5) is 10.5 Å². The SMILES string of the molecule is O=C(O)Cc1ccc(NC(=O)NCC2CCCCS2)cc1. The van der Waals surface area contributed by atoms with Crippen LogP contribution in [0.2, 0.25) is 0 Å². The van der Waals surface area contributed by atoms with Crippen molar-refractivity contribution < 1.29 is 14.7 Å². The first kappa shape index (κ1) is 15.7. The zero-order valence-electron chi connectivity index (χ0n) is 11.8. The van der Waals surface area contributed by atoms with Crippen molar-refractivity contribution in [2.75, 3.05) is 17.6 Å². The molecule has 6 heteroatoms. The molecule has 1 saturated heterocycles. The van der Waals surface area contributed by atoms with E-state index < -0.39 is 5.97 Å². The fraction of sp³-hybridized carbons (Fsp3) is 0.467. The molecule has 1 atom stereocenters. The predicted octanol–water partition coefficient (Wildman–Crippen LogP) is 2.72. The molecule has 1 unspecified atom stereocenters. The predicted molar refractivity (Wildman–Crippen MR) is 84.9 cm³/mol. The average Bonchev–Trinajstić information content (AvgIpc) is 2.48. The van der Waals surface area contributed by atoms with Crippen molar-refractivity contribution in [3.05, 3.63) is 29.8 Å². The van der Waals surface area contributed by atoms with Gasteiger partial charge in [0, 0.05) is 17.5 Å². The van der Waals surface area contributed by atoms with Crippen molar-refractivity contribution in [3.63, 3.8) is 0 Å². The molecule has 21 heavy (non-hydrogen) atoms. The van der Waals surface area contributed by atoms with Crippen molar-refractivity contribution in [2.24, 2.45) is 0 Å². The van der Waals surface area contributed by atoms with Crippen LogP contribution in [-0.4, -0.2) is 34.7 Å². The van der Waals surface area contributed by atoms with Gasteiger partial charge in [-0.15, -0.1) is 0 Å². The van der Waals surface area contributed by atoms with E-state index in [4.69, 9.17) is 5.11 Å². The maximum Gasteiger partial charge on any atom is 0.319 e. The summed E-state index contributed by atoms with van der Waals surface area (Å²) in [5, 5.41) is 14.8. The minimum Gasteiger partial charge on any atom is -0.481 e. The maximum absolute atomic E-state index is 11.8. The van der Waals surface area contributed by atoms with E-state index in [9.17, 15) is 9.59 Å². The van der Waals surface area contributed by atoms with E-state index in [2.05, 4.69) is 10.6 Å². The van der Waals surface area contributed by atoms with Crippen LogP contribution in [0.3, 0.4) is 0 Å². The minimum absolute atomic E-state index is 0.00855. The van der Waals surface area contributed by atoms with Gasteiger partial charge in [-0.3, -0.25) is 4.79 Å². The second-order valence-corrected chi connectivity index (χ2v) is 6.50. The van der Waals surface area contributed by atoms with Gasteiger partial charge in [-0.05, 0) is 36.3 Å².